The van der Waals surface area contributed by atoms with E-state index in [-0.39, 0.29) is 67.1 Å². The van der Waals surface area contributed by atoms with Crippen molar-refractivity contribution in [2.45, 2.75) is 230 Å². The molecule has 13 atom stereocenters. The van der Waals surface area contributed by atoms with E-state index in [9.17, 15) is 48.3 Å². The number of nitrogens with two attached hydrogens (primary N) is 1. The van der Waals surface area contributed by atoms with Crippen LogP contribution in [0.15, 0.2) is 12.2 Å². The molecule has 0 aliphatic heterocycles. The highest BCUT2D eigenvalue weighted by molar-refractivity contribution is 5.99. The average Bonchev–Trinajstić information content (AvgIpc) is 1.09. The van der Waals surface area contributed by atoms with Gasteiger partial charge >= 0.3 is 0 Å². The van der Waals surface area contributed by atoms with Gasteiger partial charge in [0.15, 0.2) is 0 Å². The molecular weight excluding hydrogens is 1110 g/mol. The quantitative estimate of drug-likeness (QED) is 0.0545. The summed E-state index contributed by atoms with van der Waals surface area (Å²) in [4.78, 5) is 164. The summed E-state index contributed by atoms with van der Waals surface area (Å²) in [6.45, 7) is 32.1. The number of hydrogen-bond acceptors (Lipinski definition) is 12. The first-order valence-corrected chi connectivity index (χ1v) is 31.5. The minimum atomic E-state index is -1.60. The number of rotatable bonds is 37. The number of carbonyl (C=O) groups excluding carboxylic acids is 11. The van der Waals surface area contributed by atoms with Crippen molar-refractivity contribution in [2.75, 3.05) is 55.9 Å². The van der Waals surface area contributed by atoms with Gasteiger partial charge in [-0.1, -0.05) is 129 Å². The lowest BCUT2D eigenvalue weighted by molar-refractivity contribution is -0.157. The maximum Gasteiger partial charge on any atom is 0.246 e. The third-order valence-corrected chi connectivity index (χ3v) is 17.0. The van der Waals surface area contributed by atoms with Crippen LogP contribution in [0.2, 0.25) is 0 Å². The molecule has 0 aromatic heterocycles. The first-order valence-electron chi connectivity index (χ1n) is 31.5. The van der Waals surface area contributed by atoms with Crippen LogP contribution in [0.3, 0.4) is 0 Å². The van der Waals surface area contributed by atoms with Crippen LogP contribution in [0.25, 0.3) is 0 Å². The lowest BCUT2D eigenvalue weighted by Crippen LogP contribution is -2.63. The van der Waals surface area contributed by atoms with Gasteiger partial charge in [-0.25, -0.2) is 0 Å². The molecule has 2 unspecified atom stereocenters. The lowest BCUT2D eigenvalue weighted by Gasteiger charge is -2.41. The van der Waals surface area contributed by atoms with Crippen LogP contribution in [0, 0.1) is 47.3 Å². The number of aliphatic hydroxyl groups is 1. The number of likely N-dealkylation sites (N-methyl/N-ethyl adjacent to an activating group) is 7. The van der Waals surface area contributed by atoms with E-state index in [4.69, 9.17) is 5.73 Å². The summed E-state index contributed by atoms with van der Waals surface area (Å²) in [5, 5.41) is 20.3. The van der Waals surface area contributed by atoms with Crippen molar-refractivity contribution in [1.82, 2.24) is 50.2 Å². The molecule has 0 rings (SSSR count). The average molecular weight is 1230 g/mol. The predicted molar refractivity (Wildman–Crippen MR) is 339 cm³/mol. The maximum absolute atomic E-state index is 15.1. The topological polar surface area (TPSA) is 293 Å². The van der Waals surface area contributed by atoms with Crippen LogP contribution < -0.4 is 21.7 Å². The molecule has 0 saturated carbocycles. The molecule has 23 nitrogen and oxygen atoms in total. The Morgan fingerprint density at radius 2 is 0.885 bits per heavy atom. The molecule has 0 aliphatic carbocycles. The third-order valence-electron chi connectivity index (χ3n) is 17.0. The van der Waals surface area contributed by atoms with Crippen molar-refractivity contribution in [2.24, 2.45) is 53.1 Å². The monoisotopic (exact) mass is 1230 g/mol. The predicted octanol–water partition coefficient (Wildman–Crippen LogP) is 4.28. The Balaban J connectivity index is 7.13. The standard InChI is InChI=1S/C64H117N11O12/c1-26-30-31-42(16)54(77)53(58(81)68-46(29-4)61(84)69(19)35-50(76)73(23)52(55(65)78)41(15)27-2)75(25)64(87)51(40(13)14)74(24)63(86)49(34-38(9)10)72(22)62(85)48(33-37(7)8)71(21)60(83)44(18)66-56(79)45(28-3)67-57(80)47(32-36(5)6)70(20)59(82)43(17)39(11)12/h26,30,36-49,51-54,77H,27-29,31-35H2,1-25H3,(H2,65,78)(H,66,79)(H,67,80)(H,68,81)/b30-26-/t41?,42-,43+,44-,45-,46+,47-,48+,49+,51-,52-,53?,54-/m0/s1. The van der Waals surface area contributed by atoms with E-state index in [0.29, 0.717) is 19.3 Å². The third kappa shape index (κ3) is 23.4. The van der Waals surface area contributed by atoms with Crippen molar-refractivity contribution in [3.05, 3.63) is 12.2 Å². The van der Waals surface area contributed by atoms with E-state index >= 15 is 9.59 Å². The Hall–Kier alpha value is -6.13. The fourth-order valence-electron chi connectivity index (χ4n) is 10.7. The molecular formula is C64H117N11O12. The zero-order valence-corrected chi connectivity index (χ0v) is 57.8. The molecule has 87 heavy (non-hydrogen) atoms. The molecule has 500 valence electrons. The van der Waals surface area contributed by atoms with Crippen molar-refractivity contribution in [1.29, 1.82) is 0 Å². The molecule has 0 aromatic rings. The van der Waals surface area contributed by atoms with Crippen molar-refractivity contribution >= 4 is 65.0 Å². The van der Waals surface area contributed by atoms with Crippen LogP contribution >= 0.6 is 0 Å². The van der Waals surface area contributed by atoms with E-state index < -0.39 is 138 Å². The van der Waals surface area contributed by atoms with E-state index in [1.54, 1.807) is 67.7 Å². The second-order valence-electron chi connectivity index (χ2n) is 26.2. The highest BCUT2D eigenvalue weighted by atomic mass is 16.3. The molecule has 11 amide bonds. The molecule has 0 radical (unpaired) electrons. The summed E-state index contributed by atoms with van der Waals surface area (Å²) in [6, 6.07) is -10.4. The van der Waals surface area contributed by atoms with Crippen molar-refractivity contribution in [3.8, 4) is 0 Å². The van der Waals surface area contributed by atoms with Gasteiger partial charge < -0.3 is 61.1 Å². The Bertz CT molecular complexity index is 2330. The van der Waals surface area contributed by atoms with Gasteiger partial charge in [0.25, 0.3) is 0 Å². The van der Waals surface area contributed by atoms with Gasteiger partial charge in [-0.15, -0.1) is 0 Å². The summed E-state index contributed by atoms with van der Waals surface area (Å²) in [7, 11) is 10.1. The molecule has 0 spiro atoms. The van der Waals surface area contributed by atoms with Crippen molar-refractivity contribution < 1.29 is 57.8 Å². The molecule has 0 saturated heterocycles. The summed E-state index contributed by atoms with van der Waals surface area (Å²) < 4.78 is 0. The zero-order valence-electron chi connectivity index (χ0n) is 57.8. The Kier molecular flexibility index (Phi) is 35.0. The molecule has 0 aliphatic rings. The number of hydrogen-bond donors (Lipinski definition) is 5. The first kappa shape index (κ1) is 80.9. The maximum atomic E-state index is 15.1. The second kappa shape index (κ2) is 37.7. The SMILES string of the molecule is C/C=C\C[C@H](C)[C@H](O)C(C(=O)N[C@H](CC)C(=O)N(C)CC(=O)N(C)[C@H](C(N)=O)C(C)CC)N(C)C(=O)[C@H](C(C)C)N(C)C(=O)[C@@H](CC(C)C)N(C)C(=O)[C@@H](CC(C)C)N(C)C(=O)[C@H](C)NC(=O)[C@H](CC)NC(=O)[C@H](CC(C)C)N(C)C(=O)[C@H](C)C(C)C. The van der Waals surface area contributed by atoms with Gasteiger partial charge in [-0.3, -0.25) is 52.7 Å². The second-order valence-corrected chi connectivity index (χ2v) is 26.2. The van der Waals surface area contributed by atoms with E-state index in [1.807, 2.05) is 69.2 Å². The van der Waals surface area contributed by atoms with Crippen LogP contribution in [0.4, 0.5) is 0 Å². The number of allylic oxidation sites excluding steroid dienone is 2. The summed E-state index contributed by atoms with van der Waals surface area (Å²) in [5.41, 5.74) is 5.66. The van der Waals surface area contributed by atoms with Gasteiger partial charge in [0, 0.05) is 55.3 Å². The van der Waals surface area contributed by atoms with Gasteiger partial charge in [0.05, 0.1) is 12.6 Å². The van der Waals surface area contributed by atoms with Gasteiger partial charge in [-0.2, -0.15) is 0 Å². The Morgan fingerprint density at radius 3 is 1.31 bits per heavy atom. The number of primary amides is 1. The molecule has 0 bridgehead atoms. The minimum absolute atomic E-state index is 0.0376. The van der Waals surface area contributed by atoms with Crippen LogP contribution in [0.5, 0.6) is 0 Å². The lowest BCUT2D eigenvalue weighted by atomic mass is 9.91. The smallest absolute Gasteiger partial charge is 0.246 e. The molecule has 0 aromatic carbocycles. The van der Waals surface area contributed by atoms with Gasteiger partial charge in [-0.05, 0) is 93.8 Å². The largest absolute Gasteiger partial charge is 0.390 e. The first-order chi connectivity index (χ1) is 40.1. The van der Waals surface area contributed by atoms with Crippen LogP contribution in [-0.4, -0.2) is 221 Å². The molecule has 23 heteroatoms. The van der Waals surface area contributed by atoms with Crippen LogP contribution in [-0.2, 0) is 52.7 Å². The molecule has 0 heterocycles. The number of nitrogens with zero attached hydrogens (tertiary/aromatic N) is 7. The molecule has 0 fully saturated rings. The highest BCUT2D eigenvalue weighted by Crippen LogP contribution is 2.26. The van der Waals surface area contributed by atoms with Crippen molar-refractivity contribution in [3.63, 3.8) is 0 Å². The van der Waals surface area contributed by atoms with Gasteiger partial charge in [0.2, 0.25) is 65.0 Å². The fraction of sp³-hybridized carbons (Fsp3) is 0.797. The number of carbonyl (C=O) groups is 11. The summed E-state index contributed by atoms with van der Waals surface area (Å²) >= 11 is 0. The highest BCUT2D eigenvalue weighted by Gasteiger charge is 2.45. The normalized spacial score (nSPS) is 16.3. The van der Waals surface area contributed by atoms with E-state index in [2.05, 4.69) is 16.0 Å². The number of amides is 11. The minimum Gasteiger partial charge on any atom is -0.390 e. The Labute approximate surface area is 522 Å². The molecule has 6 N–H and O–H groups in total. The summed E-state index contributed by atoms with van der Waals surface area (Å²) in [5.74, 6) is -8.63. The fourth-order valence-corrected chi connectivity index (χ4v) is 10.7. The number of nitrogens with one attached hydrogen (secondary N) is 3. The Morgan fingerprint density at radius 1 is 0.448 bits per heavy atom. The zero-order chi connectivity index (χ0) is 68.0. The van der Waals surface area contributed by atoms with E-state index in [1.165, 1.54) is 73.7 Å². The van der Waals surface area contributed by atoms with E-state index in [0.717, 1.165) is 9.80 Å². The number of aliphatic hydroxyl groups excluding tert-OH is 1. The van der Waals surface area contributed by atoms with Crippen LogP contribution in [0.1, 0.15) is 170 Å². The summed E-state index contributed by atoms with van der Waals surface area (Å²) in [6.07, 6.45) is 3.85. The van der Waals surface area contributed by atoms with Gasteiger partial charge in [0.1, 0.15) is 54.4 Å².